The van der Waals surface area contributed by atoms with Crippen molar-refractivity contribution in [2.75, 3.05) is 5.32 Å². The van der Waals surface area contributed by atoms with Crippen LogP contribution in [0.2, 0.25) is 0 Å². The summed E-state index contributed by atoms with van der Waals surface area (Å²) in [5.74, 6) is -0.160. The van der Waals surface area contributed by atoms with Crippen LogP contribution in [0.5, 0.6) is 0 Å². The maximum absolute atomic E-state index is 11.9. The Morgan fingerprint density at radius 3 is 2.64 bits per heavy atom. The summed E-state index contributed by atoms with van der Waals surface area (Å²) in [5.41, 5.74) is 1.90. The van der Waals surface area contributed by atoms with Crippen molar-refractivity contribution >= 4 is 23.8 Å². The van der Waals surface area contributed by atoms with Crippen molar-refractivity contribution in [2.24, 2.45) is 0 Å². The molecule has 22 heavy (non-hydrogen) atoms. The molecule has 0 radical (unpaired) electrons. The molecule has 0 saturated heterocycles. The number of aryl methyl sites for hydroxylation is 2. The Morgan fingerprint density at radius 1 is 1.27 bits per heavy atom. The monoisotopic (exact) mass is 318 g/mol. The summed E-state index contributed by atoms with van der Waals surface area (Å²) in [6, 6.07) is 7.77. The predicted molar refractivity (Wildman–Crippen MR) is 87.4 cm³/mol. The summed E-state index contributed by atoms with van der Waals surface area (Å²) in [7, 11) is 0. The minimum atomic E-state index is -0.361. The lowest BCUT2D eigenvalue weighted by Gasteiger charge is -2.06. The van der Waals surface area contributed by atoms with Gasteiger partial charge in [-0.05, 0) is 36.3 Å². The molecule has 0 aliphatic heterocycles. The van der Waals surface area contributed by atoms with Gasteiger partial charge in [-0.3, -0.25) is 19.7 Å². The van der Waals surface area contributed by atoms with Crippen LogP contribution in [0.25, 0.3) is 0 Å². The Morgan fingerprint density at radius 2 is 2.00 bits per heavy atom. The number of hydrogen-bond donors (Lipinski definition) is 3. The van der Waals surface area contributed by atoms with Crippen molar-refractivity contribution in [3.8, 4) is 0 Å². The van der Waals surface area contributed by atoms with Gasteiger partial charge in [0.2, 0.25) is 5.91 Å². The van der Waals surface area contributed by atoms with Crippen molar-refractivity contribution in [3.05, 3.63) is 50.6 Å². The number of nitrogens with one attached hydrogen (secondary N) is 3. The van der Waals surface area contributed by atoms with Crippen molar-refractivity contribution < 1.29 is 4.79 Å². The molecule has 3 N–H and O–H groups in total. The molecule has 1 amide bonds. The first-order valence-electron chi connectivity index (χ1n) is 7.15. The van der Waals surface area contributed by atoms with E-state index in [0.29, 0.717) is 0 Å². The second kappa shape index (κ2) is 7.65. The Kier molecular flexibility index (Phi) is 5.60. The molecule has 0 unspecified atom stereocenters. The molecule has 0 bridgehead atoms. The largest absolute Gasteiger partial charge is 0.326 e. The standard InChI is InChI=1S/C15H18N4O2S/c1-2-3-10-4-6-11(7-5-10)16-13(20)9-8-12-14(21)17-15(22)19-18-12/h4-7H,2-3,8-9H2,1H3,(H,16,20)(H2,17,19,21,22). The van der Waals surface area contributed by atoms with Gasteiger partial charge in [-0.15, -0.1) is 0 Å². The highest BCUT2D eigenvalue weighted by Crippen LogP contribution is 2.11. The van der Waals surface area contributed by atoms with E-state index < -0.39 is 0 Å². The van der Waals surface area contributed by atoms with Crippen molar-refractivity contribution in [1.29, 1.82) is 0 Å². The van der Waals surface area contributed by atoms with Gasteiger partial charge in [0.1, 0.15) is 5.69 Å². The topological polar surface area (TPSA) is 90.6 Å². The van der Waals surface area contributed by atoms with Crippen LogP contribution in [0.1, 0.15) is 31.0 Å². The van der Waals surface area contributed by atoms with Crippen LogP contribution < -0.4 is 10.9 Å². The van der Waals surface area contributed by atoms with E-state index in [1.165, 1.54) is 5.56 Å². The van der Waals surface area contributed by atoms with E-state index >= 15 is 0 Å². The van der Waals surface area contributed by atoms with E-state index in [9.17, 15) is 9.59 Å². The van der Waals surface area contributed by atoms with Crippen molar-refractivity contribution in [2.45, 2.75) is 32.6 Å². The van der Waals surface area contributed by atoms with Crippen molar-refractivity contribution in [1.82, 2.24) is 15.2 Å². The molecular weight excluding hydrogens is 300 g/mol. The Bertz CT molecular complexity index is 749. The molecule has 1 heterocycles. The molecule has 0 saturated carbocycles. The highest BCUT2D eigenvalue weighted by Gasteiger charge is 2.07. The highest BCUT2D eigenvalue weighted by atomic mass is 32.1. The molecule has 7 heteroatoms. The molecule has 6 nitrogen and oxygen atoms in total. The van der Waals surface area contributed by atoms with E-state index in [-0.39, 0.29) is 34.8 Å². The molecule has 0 spiro atoms. The van der Waals surface area contributed by atoms with Gasteiger partial charge in [0, 0.05) is 18.5 Å². The fourth-order valence-electron chi connectivity index (χ4n) is 2.04. The number of hydrogen-bond acceptors (Lipinski definition) is 4. The zero-order valence-electron chi connectivity index (χ0n) is 12.3. The van der Waals surface area contributed by atoms with Gasteiger partial charge in [0.25, 0.3) is 5.56 Å². The maximum Gasteiger partial charge on any atom is 0.273 e. The average Bonchev–Trinajstić information content (AvgIpc) is 2.49. The van der Waals surface area contributed by atoms with Crippen LogP contribution in [-0.4, -0.2) is 21.1 Å². The number of carbonyl (C=O) groups excluding carboxylic acids is 1. The van der Waals surface area contributed by atoms with Crippen LogP contribution in [0.4, 0.5) is 5.69 Å². The van der Waals surface area contributed by atoms with Crippen LogP contribution in [0.15, 0.2) is 29.1 Å². The maximum atomic E-state index is 11.9. The third-order valence-electron chi connectivity index (χ3n) is 3.15. The summed E-state index contributed by atoms with van der Waals surface area (Å²) < 4.78 is 0.172. The van der Waals surface area contributed by atoms with Gasteiger partial charge < -0.3 is 5.32 Å². The molecule has 1 aromatic carbocycles. The minimum absolute atomic E-state index is 0.160. The fourth-order valence-corrected chi connectivity index (χ4v) is 2.18. The smallest absolute Gasteiger partial charge is 0.273 e. The number of H-pyrrole nitrogens is 2. The lowest BCUT2D eigenvalue weighted by molar-refractivity contribution is -0.116. The first-order chi connectivity index (χ1) is 10.6. The fraction of sp³-hybridized carbons (Fsp3) is 0.333. The highest BCUT2D eigenvalue weighted by molar-refractivity contribution is 7.71. The molecule has 0 fully saturated rings. The molecule has 0 aliphatic rings. The second-order valence-corrected chi connectivity index (χ2v) is 5.36. The summed E-state index contributed by atoms with van der Waals surface area (Å²) in [4.78, 5) is 25.9. The van der Waals surface area contributed by atoms with Crippen molar-refractivity contribution in [3.63, 3.8) is 0 Å². The van der Waals surface area contributed by atoms with Crippen LogP contribution in [-0.2, 0) is 17.6 Å². The molecule has 2 aromatic rings. The molecular formula is C15H18N4O2S. The van der Waals surface area contributed by atoms with Gasteiger partial charge in [0.05, 0.1) is 0 Å². The van der Waals surface area contributed by atoms with E-state index in [4.69, 9.17) is 12.2 Å². The molecule has 116 valence electrons. The molecule has 0 atom stereocenters. The zero-order valence-corrected chi connectivity index (χ0v) is 13.1. The Hall–Kier alpha value is -2.28. The van der Waals surface area contributed by atoms with E-state index in [0.717, 1.165) is 18.5 Å². The summed E-state index contributed by atoms with van der Waals surface area (Å²) in [6.45, 7) is 2.13. The number of nitrogens with zero attached hydrogens (tertiary/aromatic N) is 1. The third kappa shape index (κ3) is 4.63. The zero-order chi connectivity index (χ0) is 15.9. The number of carbonyl (C=O) groups is 1. The van der Waals surface area contributed by atoms with Gasteiger partial charge >= 0.3 is 0 Å². The second-order valence-electron chi connectivity index (χ2n) is 4.95. The number of anilines is 1. The quantitative estimate of drug-likeness (QED) is 0.713. The van der Waals surface area contributed by atoms with Crippen LogP contribution in [0.3, 0.4) is 0 Å². The lowest BCUT2D eigenvalue weighted by atomic mass is 10.1. The molecule has 2 rings (SSSR count). The SMILES string of the molecule is CCCc1ccc(NC(=O)CCc2n[nH]c(=S)[nH]c2=O)cc1. The summed E-state index contributed by atoms with van der Waals surface area (Å²) in [5, 5.41) is 9.15. The minimum Gasteiger partial charge on any atom is -0.326 e. The predicted octanol–water partition coefficient (Wildman–Crippen LogP) is 2.35. The van der Waals surface area contributed by atoms with Gasteiger partial charge in [-0.25, -0.2) is 0 Å². The van der Waals surface area contributed by atoms with E-state index in [2.05, 4.69) is 27.4 Å². The van der Waals surface area contributed by atoms with Crippen LogP contribution >= 0.6 is 12.2 Å². The Labute approximate surface area is 133 Å². The van der Waals surface area contributed by atoms with E-state index in [1.54, 1.807) is 0 Å². The molecule has 0 aliphatic carbocycles. The van der Waals surface area contributed by atoms with E-state index in [1.807, 2.05) is 24.3 Å². The number of aromatic nitrogens is 3. The average molecular weight is 318 g/mol. The van der Waals surface area contributed by atoms with Gasteiger partial charge in [-0.1, -0.05) is 25.5 Å². The van der Waals surface area contributed by atoms with Gasteiger partial charge in [-0.2, -0.15) is 5.10 Å². The summed E-state index contributed by atoms with van der Waals surface area (Å²) in [6.07, 6.45) is 2.55. The first kappa shape index (κ1) is 16.1. The van der Waals surface area contributed by atoms with Gasteiger partial charge in [0.15, 0.2) is 4.77 Å². The number of rotatable bonds is 6. The van der Waals surface area contributed by atoms with Crippen LogP contribution in [0, 0.1) is 4.77 Å². The summed E-state index contributed by atoms with van der Waals surface area (Å²) >= 11 is 4.76. The first-order valence-corrected chi connectivity index (χ1v) is 7.56. The molecule has 1 aromatic heterocycles. The number of amides is 1. The Balaban J connectivity index is 1.90. The third-order valence-corrected chi connectivity index (χ3v) is 3.34. The normalized spacial score (nSPS) is 10.4. The lowest BCUT2D eigenvalue weighted by Crippen LogP contribution is -2.19. The number of benzene rings is 1. The number of aromatic amines is 2.